The summed E-state index contributed by atoms with van der Waals surface area (Å²) in [5.74, 6) is 0.123. The van der Waals surface area contributed by atoms with E-state index in [4.69, 9.17) is 18.9 Å². The number of hydrogen-bond acceptors (Lipinski definition) is 8. The summed E-state index contributed by atoms with van der Waals surface area (Å²) in [6, 6.07) is 19.6. The number of hydrogen-bond donors (Lipinski definition) is 1. The van der Waals surface area contributed by atoms with Crippen LogP contribution in [0.3, 0.4) is 0 Å². The number of nitrogens with zero attached hydrogens (tertiary/aromatic N) is 2. The molecule has 2 aliphatic heterocycles. The molecule has 1 N–H and O–H groups in total. The number of morpholine rings is 1. The molecule has 0 spiro atoms. The van der Waals surface area contributed by atoms with Crippen LogP contribution in [-0.4, -0.2) is 79.7 Å². The van der Waals surface area contributed by atoms with Gasteiger partial charge in [-0.3, -0.25) is 14.5 Å². The van der Waals surface area contributed by atoms with Crippen molar-refractivity contribution in [1.82, 2.24) is 9.80 Å². The highest BCUT2D eigenvalue weighted by Gasteiger charge is 2.46. The molecule has 2 heterocycles. The second-order valence-corrected chi connectivity index (χ2v) is 10.9. The van der Waals surface area contributed by atoms with Crippen molar-refractivity contribution in [3.05, 3.63) is 94.6 Å². The molecule has 0 bridgehead atoms. The lowest BCUT2D eigenvalue weighted by Gasteiger charge is -2.29. The molecule has 3 aromatic rings. The van der Waals surface area contributed by atoms with Gasteiger partial charge in [-0.2, -0.15) is 0 Å². The maximum absolute atomic E-state index is 13.6. The van der Waals surface area contributed by atoms with Crippen molar-refractivity contribution < 1.29 is 33.6 Å². The van der Waals surface area contributed by atoms with Crippen molar-refractivity contribution in [3.63, 3.8) is 0 Å². The summed E-state index contributed by atoms with van der Waals surface area (Å²) in [5.41, 5.74) is 2.96. The van der Waals surface area contributed by atoms with Crippen LogP contribution in [-0.2, 0) is 20.9 Å². The Labute approximate surface area is 258 Å². The van der Waals surface area contributed by atoms with Gasteiger partial charge in [0, 0.05) is 31.7 Å². The first-order valence-electron chi connectivity index (χ1n) is 15.1. The van der Waals surface area contributed by atoms with Gasteiger partial charge in [-0.15, -0.1) is 0 Å². The fourth-order valence-corrected chi connectivity index (χ4v) is 5.73. The molecule has 232 valence electrons. The lowest BCUT2D eigenvalue weighted by molar-refractivity contribution is -0.140. The maximum atomic E-state index is 13.6. The molecule has 0 radical (unpaired) electrons. The Kier molecular flexibility index (Phi) is 10.2. The van der Waals surface area contributed by atoms with E-state index < -0.39 is 17.7 Å². The molecule has 2 fully saturated rings. The van der Waals surface area contributed by atoms with Crippen molar-refractivity contribution in [2.45, 2.75) is 32.9 Å². The summed E-state index contributed by atoms with van der Waals surface area (Å²) in [5, 5.41) is 11.6. The Balaban J connectivity index is 1.49. The third-order valence-electron chi connectivity index (χ3n) is 8.01. The number of aliphatic hydroxyl groups is 1. The molecule has 9 heteroatoms. The minimum absolute atomic E-state index is 0.0462. The van der Waals surface area contributed by atoms with Gasteiger partial charge < -0.3 is 29.0 Å². The van der Waals surface area contributed by atoms with Gasteiger partial charge in [0.05, 0.1) is 38.5 Å². The van der Waals surface area contributed by atoms with Gasteiger partial charge in [0.1, 0.15) is 18.1 Å². The second kappa shape index (κ2) is 14.4. The van der Waals surface area contributed by atoms with Crippen LogP contribution >= 0.6 is 0 Å². The van der Waals surface area contributed by atoms with E-state index in [9.17, 15) is 14.7 Å². The zero-order valence-electron chi connectivity index (χ0n) is 25.6. The van der Waals surface area contributed by atoms with Gasteiger partial charge >= 0.3 is 0 Å². The van der Waals surface area contributed by atoms with Gasteiger partial charge in [0.2, 0.25) is 0 Å². The summed E-state index contributed by atoms with van der Waals surface area (Å²) in [6.07, 6.45) is 0.668. The monoisotopic (exact) mass is 600 g/mol. The Morgan fingerprint density at radius 1 is 0.932 bits per heavy atom. The highest BCUT2D eigenvalue weighted by molar-refractivity contribution is 6.46. The number of benzene rings is 3. The average molecular weight is 601 g/mol. The minimum Gasteiger partial charge on any atom is -0.507 e. The number of amides is 1. The van der Waals surface area contributed by atoms with E-state index in [0.29, 0.717) is 67.8 Å². The zero-order chi connectivity index (χ0) is 31.1. The molecule has 5 rings (SSSR count). The SMILES string of the molecule is CCOc1ccc(C(O)=C2C(=O)C(=O)N(CCCN3CCOCC3)C2c2ccc(OCc3ccccc3)c(OC)c2)cc1C. The molecule has 0 aliphatic carbocycles. The first kappa shape index (κ1) is 31.1. The van der Waals surface area contributed by atoms with Crippen LogP contribution in [0.5, 0.6) is 17.2 Å². The average Bonchev–Trinajstić information content (AvgIpc) is 3.30. The third-order valence-corrected chi connectivity index (χ3v) is 8.01. The number of Topliss-reactive ketones (excluding diaryl/α,β-unsaturated/α-hetero) is 1. The van der Waals surface area contributed by atoms with Crippen molar-refractivity contribution in [2.24, 2.45) is 0 Å². The first-order chi connectivity index (χ1) is 21.4. The number of rotatable bonds is 12. The Bertz CT molecular complexity index is 1500. The van der Waals surface area contributed by atoms with Gasteiger partial charge in [-0.25, -0.2) is 0 Å². The summed E-state index contributed by atoms with van der Waals surface area (Å²) in [7, 11) is 1.55. The van der Waals surface area contributed by atoms with Crippen molar-refractivity contribution in [1.29, 1.82) is 0 Å². The van der Waals surface area contributed by atoms with E-state index >= 15 is 0 Å². The Morgan fingerprint density at radius 3 is 2.39 bits per heavy atom. The molecular weight excluding hydrogens is 560 g/mol. The van der Waals surface area contributed by atoms with Crippen LogP contribution in [0.2, 0.25) is 0 Å². The molecule has 9 nitrogen and oxygen atoms in total. The van der Waals surface area contributed by atoms with Gasteiger partial charge in [0.15, 0.2) is 11.5 Å². The molecule has 2 saturated heterocycles. The molecule has 1 unspecified atom stereocenters. The van der Waals surface area contributed by atoms with Crippen LogP contribution in [0.15, 0.2) is 72.3 Å². The first-order valence-corrected chi connectivity index (χ1v) is 15.1. The van der Waals surface area contributed by atoms with Gasteiger partial charge in [-0.1, -0.05) is 36.4 Å². The smallest absolute Gasteiger partial charge is 0.295 e. The molecule has 3 aromatic carbocycles. The number of likely N-dealkylation sites (tertiary alicyclic amines) is 1. The van der Waals surface area contributed by atoms with E-state index in [-0.39, 0.29) is 11.3 Å². The van der Waals surface area contributed by atoms with E-state index in [1.165, 1.54) is 0 Å². The molecule has 1 atom stereocenters. The summed E-state index contributed by atoms with van der Waals surface area (Å²) in [6.45, 7) is 8.80. The van der Waals surface area contributed by atoms with Crippen molar-refractivity contribution >= 4 is 17.4 Å². The van der Waals surface area contributed by atoms with Gasteiger partial charge in [-0.05, 0) is 67.3 Å². The van der Waals surface area contributed by atoms with Crippen molar-refractivity contribution in [2.75, 3.05) is 53.1 Å². The predicted octanol–water partition coefficient (Wildman–Crippen LogP) is 5.13. The largest absolute Gasteiger partial charge is 0.507 e. The van der Waals surface area contributed by atoms with E-state index in [1.807, 2.05) is 50.2 Å². The van der Waals surface area contributed by atoms with Crippen LogP contribution in [0.4, 0.5) is 0 Å². The van der Waals surface area contributed by atoms with Crippen LogP contribution in [0.25, 0.3) is 5.76 Å². The van der Waals surface area contributed by atoms with E-state index in [0.717, 1.165) is 30.8 Å². The molecule has 0 saturated carbocycles. The number of carbonyl (C=O) groups is 2. The number of carbonyl (C=O) groups excluding carboxylic acids is 2. The maximum Gasteiger partial charge on any atom is 0.295 e. The van der Waals surface area contributed by atoms with E-state index in [1.54, 1.807) is 42.3 Å². The number of methoxy groups -OCH3 is 1. The normalized spacial score (nSPS) is 18.4. The zero-order valence-corrected chi connectivity index (χ0v) is 25.6. The highest BCUT2D eigenvalue weighted by atomic mass is 16.5. The topological polar surface area (TPSA) is 97.8 Å². The van der Waals surface area contributed by atoms with Gasteiger partial charge in [0.25, 0.3) is 11.7 Å². The van der Waals surface area contributed by atoms with Crippen LogP contribution < -0.4 is 14.2 Å². The second-order valence-electron chi connectivity index (χ2n) is 10.9. The number of ketones is 1. The lowest BCUT2D eigenvalue weighted by atomic mass is 9.94. The summed E-state index contributed by atoms with van der Waals surface area (Å²) in [4.78, 5) is 31.0. The molecule has 2 aliphatic rings. The third kappa shape index (κ3) is 6.90. The van der Waals surface area contributed by atoms with Crippen molar-refractivity contribution in [3.8, 4) is 17.2 Å². The number of aliphatic hydroxyl groups excluding tert-OH is 1. The minimum atomic E-state index is -0.802. The quantitative estimate of drug-likeness (QED) is 0.174. The number of ether oxygens (including phenoxy) is 4. The molecule has 0 aromatic heterocycles. The Morgan fingerprint density at radius 2 is 1.68 bits per heavy atom. The molecule has 44 heavy (non-hydrogen) atoms. The Hall–Kier alpha value is -4.34. The summed E-state index contributed by atoms with van der Waals surface area (Å²) >= 11 is 0. The lowest BCUT2D eigenvalue weighted by Crippen LogP contribution is -2.39. The molecular formula is C35H40N2O7. The fourth-order valence-electron chi connectivity index (χ4n) is 5.73. The highest BCUT2D eigenvalue weighted by Crippen LogP contribution is 2.42. The standard InChI is InChI=1S/C35H40N2O7/c1-4-43-28-13-12-27(21-24(28)2)33(38)31-32(37(35(40)34(31)39)16-8-15-36-17-19-42-20-18-36)26-11-14-29(30(22-26)41-3)44-23-25-9-6-5-7-10-25/h5-7,9-14,21-22,32,38H,4,8,15-20,23H2,1-3H3. The predicted molar refractivity (Wildman–Crippen MR) is 167 cm³/mol. The van der Waals surface area contributed by atoms with Crippen LogP contribution in [0, 0.1) is 6.92 Å². The molecule has 1 amide bonds. The fraction of sp³-hybridized carbons (Fsp3) is 0.371. The van der Waals surface area contributed by atoms with E-state index in [2.05, 4.69) is 4.90 Å². The number of aryl methyl sites for hydroxylation is 1. The summed E-state index contributed by atoms with van der Waals surface area (Å²) < 4.78 is 22.9. The van der Waals surface area contributed by atoms with Crippen LogP contribution in [0.1, 0.15) is 41.6 Å².